The van der Waals surface area contributed by atoms with E-state index in [-0.39, 0.29) is 5.78 Å². The van der Waals surface area contributed by atoms with Crippen molar-refractivity contribution in [3.63, 3.8) is 0 Å². The Morgan fingerprint density at radius 1 is 1.36 bits per heavy atom. The molecular formula is C13H20O. The number of allylic oxidation sites excluding steroid dienone is 4. The number of carbonyl (C=O) groups excluding carboxylic acids is 1. The predicted molar refractivity (Wildman–Crippen MR) is 60.2 cm³/mol. The lowest BCUT2D eigenvalue weighted by atomic mass is 9.87. The zero-order valence-corrected chi connectivity index (χ0v) is 9.68. The first-order valence-corrected chi connectivity index (χ1v) is 5.41. The summed E-state index contributed by atoms with van der Waals surface area (Å²) in [6, 6.07) is 0. The quantitative estimate of drug-likeness (QED) is 0.610. The Morgan fingerprint density at radius 3 is 2.43 bits per heavy atom. The molecule has 0 heterocycles. The number of ketones is 1. The molecule has 0 spiro atoms. The van der Waals surface area contributed by atoms with Crippen molar-refractivity contribution in [2.45, 2.75) is 47.0 Å². The van der Waals surface area contributed by atoms with E-state index < -0.39 is 0 Å². The summed E-state index contributed by atoms with van der Waals surface area (Å²) in [5.74, 6) is 0.897. The maximum absolute atomic E-state index is 11.7. The number of hydrogen-bond donors (Lipinski definition) is 0. The van der Waals surface area contributed by atoms with Gasteiger partial charge in [-0.05, 0) is 50.7 Å². The van der Waals surface area contributed by atoms with Gasteiger partial charge in [-0.25, -0.2) is 0 Å². The summed E-state index contributed by atoms with van der Waals surface area (Å²) in [7, 11) is 0. The molecule has 0 radical (unpaired) electrons. The highest BCUT2D eigenvalue weighted by Gasteiger charge is 2.16. The minimum Gasteiger partial charge on any atom is -0.290 e. The van der Waals surface area contributed by atoms with E-state index in [2.05, 4.69) is 13.8 Å². The summed E-state index contributed by atoms with van der Waals surface area (Å²) in [6.07, 6.45) is 4.94. The monoisotopic (exact) mass is 192 g/mol. The zero-order chi connectivity index (χ0) is 10.7. The van der Waals surface area contributed by atoms with Crippen LogP contribution in [0.2, 0.25) is 0 Å². The first kappa shape index (κ1) is 11.2. The van der Waals surface area contributed by atoms with Gasteiger partial charge in [0.15, 0.2) is 5.78 Å². The van der Waals surface area contributed by atoms with E-state index in [1.165, 1.54) is 11.1 Å². The molecule has 1 aliphatic carbocycles. The van der Waals surface area contributed by atoms with E-state index in [1.54, 1.807) is 0 Å². The molecule has 1 aliphatic rings. The molecule has 0 unspecified atom stereocenters. The van der Waals surface area contributed by atoms with Gasteiger partial charge in [0.2, 0.25) is 0 Å². The second kappa shape index (κ2) is 4.59. The van der Waals surface area contributed by atoms with Crippen molar-refractivity contribution in [3.05, 3.63) is 22.8 Å². The summed E-state index contributed by atoms with van der Waals surface area (Å²) in [6.45, 7) is 8.44. The Bertz CT molecular complexity index is 288. The van der Waals surface area contributed by atoms with Crippen LogP contribution in [0.4, 0.5) is 0 Å². The second-order valence-electron chi connectivity index (χ2n) is 4.74. The molecule has 0 atom stereocenters. The Balaban J connectivity index is 2.76. The van der Waals surface area contributed by atoms with Crippen molar-refractivity contribution in [2.75, 3.05) is 0 Å². The summed E-state index contributed by atoms with van der Waals surface area (Å²) in [5, 5.41) is 0. The van der Waals surface area contributed by atoms with Gasteiger partial charge in [-0.1, -0.05) is 25.0 Å². The lowest BCUT2D eigenvalue weighted by Crippen LogP contribution is -2.09. The summed E-state index contributed by atoms with van der Waals surface area (Å²) < 4.78 is 0. The highest BCUT2D eigenvalue weighted by molar-refractivity contribution is 6.05. The van der Waals surface area contributed by atoms with Crippen LogP contribution in [0.1, 0.15) is 47.0 Å². The molecule has 0 aliphatic heterocycles. The SMILES string of the molecule is CC(C)=C1CCC(CC(C)C)=CC1=O. The van der Waals surface area contributed by atoms with E-state index in [0.29, 0.717) is 5.92 Å². The Labute approximate surface area is 86.9 Å². The average molecular weight is 192 g/mol. The van der Waals surface area contributed by atoms with Crippen molar-refractivity contribution in [1.29, 1.82) is 0 Å². The fraction of sp³-hybridized carbons (Fsp3) is 0.615. The fourth-order valence-electron chi connectivity index (χ4n) is 1.94. The molecule has 0 saturated heterocycles. The molecule has 0 aromatic carbocycles. The van der Waals surface area contributed by atoms with Crippen LogP contribution in [0.3, 0.4) is 0 Å². The smallest absolute Gasteiger partial charge is 0.181 e. The van der Waals surface area contributed by atoms with Gasteiger partial charge in [-0.15, -0.1) is 0 Å². The number of hydrogen-bond acceptors (Lipinski definition) is 1. The molecule has 78 valence electrons. The molecule has 0 aromatic rings. The molecule has 0 aromatic heterocycles. The van der Waals surface area contributed by atoms with Gasteiger partial charge in [0.25, 0.3) is 0 Å². The molecule has 0 N–H and O–H groups in total. The van der Waals surface area contributed by atoms with E-state index in [9.17, 15) is 4.79 Å². The number of carbonyl (C=O) groups is 1. The van der Waals surface area contributed by atoms with Crippen LogP contribution >= 0.6 is 0 Å². The van der Waals surface area contributed by atoms with Gasteiger partial charge in [-0.2, -0.15) is 0 Å². The Kier molecular flexibility index (Phi) is 3.68. The Hall–Kier alpha value is -0.850. The molecule has 0 saturated carbocycles. The molecule has 14 heavy (non-hydrogen) atoms. The topological polar surface area (TPSA) is 17.1 Å². The van der Waals surface area contributed by atoms with E-state index in [0.717, 1.165) is 24.8 Å². The van der Waals surface area contributed by atoms with Crippen molar-refractivity contribution in [2.24, 2.45) is 5.92 Å². The molecule has 0 fully saturated rings. The first-order chi connectivity index (χ1) is 6.50. The van der Waals surface area contributed by atoms with E-state index >= 15 is 0 Å². The van der Waals surface area contributed by atoms with Gasteiger partial charge in [0, 0.05) is 0 Å². The summed E-state index contributed by atoms with van der Waals surface area (Å²) in [5.41, 5.74) is 3.53. The summed E-state index contributed by atoms with van der Waals surface area (Å²) in [4.78, 5) is 11.7. The largest absolute Gasteiger partial charge is 0.290 e. The zero-order valence-electron chi connectivity index (χ0n) is 9.68. The van der Waals surface area contributed by atoms with Crippen LogP contribution in [0.15, 0.2) is 22.8 Å². The van der Waals surface area contributed by atoms with Gasteiger partial charge in [0.05, 0.1) is 0 Å². The Morgan fingerprint density at radius 2 is 2.00 bits per heavy atom. The van der Waals surface area contributed by atoms with Crippen molar-refractivity contribution in [3.8, 4) is 0 Å². The van der Waals surface area contributed by atoms with Crippen molar-refractivity contribution >= 4 is 5.78 Å². The standard InChI is InChI=1S/C13H20O/c1-9(2)7-11-5-6-12(10(3)4)13(14)8-11/h8-9H,5-7H2,1-4H3. The van der Waals surface area contributed by atoms with E-state index in [1.807, 2.05) is 19.9 Å². The maximum Gasteiger partial charge on any atom is 0.181 e. The third kappa shape index (κ3) is 2.83. The molecule has 0 amide bonds. The predicted octanol–water partition coefficient (Wildman–Crippen LogP) is 3.66. The molecule has 1 nitrogen and oxygen atoms in total. The van der Waals surface area contributed by atoms with E-state index in [4.69, 9.17) is 0 Å². The first-order valence-electron chi connectivity index (χ1n) is 5.41. The normalized spacial score (nSPS) is 17.4. The minimum absolute atomic E-state index is 0.243. The van der Waals surface area contributed by atoms with Gasteiger partial charge < -0.3 is 0 Å². The molecule has 0 bridgehead atoms. The fourth-order valence-corrected chi connectivity index (χ4v) is 1.94. The van der Waals surface area contributed by atoms with Gasteiger partial charge in [0.1, 0.15) is 0 Å². The maximum atomic E-state index is 11.7. The third-order valence-electron chi connectivity index (χ3n) is 2.60. The van der Waals surface area contributed by atoms with Crippen LogP contribution in [-0.2, 0) is 4.79 Å². The van der Waals surface area contributed by atoms with Crippen LogP contribution in [-0.4, -0.2) is 5.78 Å². The molecule has 1 rings (SSSR count). The average Bonchev–Trinajstić information content (AvgIpc) is 2.01. The minimum atomic E-state index is 0.243. The highest BCUT2D eigenvalue weighted by atomic mass is 16.1. The third-order valence-corrected chi connectivity index (χ3v) is 2.60. The second-order valence-corrected chi connectivity index (χ2v) is 4.74. The molecular weight excluding hydrogens is 172 g/mol. The van der Waals surface area contributed by atoms with Crippen LogP contribution in [0.25, 0.3) is 0 Å². The highest BCUT2D eigenvalue weighted by Crippen LogP contribution is 2.26. The molecule has 1 heteroatoms. The lowest BCUT2D eigenvalue weighted by molar-refractivity contribution is -0.111. The van der Waals surface area contributed by atoms with Gasteiger partial charge >= 0.3 is 0 Å². The van der Waals surface area contributed by atoms with Crippen molar-refractivity contribution in [1.82, 2.24) is 0 Å². The van der Waals surface area contributed by atoms with Crippen LogP contribution in [0, 0.1) is 5.92 Å². The van der Waals surface area contributed by atoms with Gasteiger partial charge in [-0.3, -0.25) is 4.79 Å². The van der Waals surface area contributed by atoms with Crippen molar-refractivity contribution < 1.29 is 4.79 Å². The number of rotatable bonds is 2. The summed E-state index contributed by atoms with van der Waals surface area (Å²) >= 11 is 0. The van der Waals surface area contributed by atoms with Crippen LogP contribution < -0.4 is 0 Å². The van der Waals surface area contributed by atoms with Crippen LogP contribution in [0.5, 0.6) is 0 Å². The lowest BCUT2D eigenvalue weighted by Gasteiger charge is -2.17.